The van der Waals surface area contributed by atoms with Gasteiger partial charge in [-0.25, -0.2) is 9.78 Å². The van der Waals surface area contributed by atoms with E-state index >= 15 is 0 Å². The number of amides is 2. The van der Waals surface area contributed by atoms with Crippen LogP contribution in [0.15, 0.2) is 125 Å². The van der Waals surface area contributed by atoms with E-state index in [0.717, 1.165) is 33.6 Å². The molecule has 1 fully saturated rings. The fraction of sp³-hybridized carbons (Fsp3) is 0.167. The largest absolute Gasteiger partial charge is 0.448 e. The molecule has 4 aromatic rings. The van der Waals surface area contributed by atoms with Gasteiger partial charge in [-0.3, -0.25) is 19.5 Å². The van der Waals surface area contributed by atoms with Crippen LogP contribution in [0.2, 0.25) is 0 Å². The van der Waals surface area contributed by atoms with Crippen molar-refractivity contribution in [1.29, 1.82) is 0 Å². The van der Waals surface area contributed by atoms with Gasteiger partial charge in [-0.1, -0.05) is 84.5 Å². The Morgan fingerprint density at radius 3 is 2.50 bits per heavy atom. The number of nitrogens with zero attached hydrogens (tertiary/aromatic N) is 4. The number of hydrogen-bond acceptors (Lipinski definition) is 12. The molecule has 3 N–H and O–H groups in total. The van der Waals surface area contributed by atoms with Crippen molar-refractivity contribution in [3.63, 3.8) is 0 Å². The summed E-state index contributed by atoms with van der Waals surface area (Å²) in [5.41, 5.74) is 9.32. The molecule has 11 nitrogen and oxygen atoms in total. The van der Waals surface area contributed by atoms with E-state index in [1.807, 2.05) is 84.3 Å². The number of fused-ring (bicyclic) bond motifs is 1. The molecule has 254 valence electrons. The molecular formula is C36H32N6O5S3. The van der Waals surface area contributed by atoms with Gasteiger partial charge in [-0.2, -0.15) is 0 Å². The molecule has 0 saturated carbocycles. The second-order valence-electron chi connectivity index (χ2n) is 10.9. The zero-order valence-electron chi connectivity index (χ0n) is 26.6. The first-order chi connectivity index (χ1) is 24.4. The Balaban J connectivity index is 1.26. The summed E-state index contributed by atoms with van der Waals surface area (Å²) in [5, 5.41) is 9.92. The van der Waals surface area contributed by atoms with Crippen LogP contribution in [0, 0.1) is 0 Å². The summed E-state index contributed by atoms with van der Waals surface area (Å²) in [5.74, 6) is -0.869. The van der Waals surface area contributed by atoms with Gasteiger partial charge in [-0.05, 0) is 39.8 Å². The number of hydrogen-bond donors (Lipinski definition) is 2. The molecule has 2 atom stereocenters. The zero-order chi connectivity index (χ0) is 34.9. The standard InChI is InChI=1S/C36H32N6O5S3/c1-2-17-46-41-28(27-22-50-36(37)39-27)32(43)40-29-33(44)42-30(26(21-49-34(29)42)20-48-18-15-23-10-9-16-38-19-23)35(45)47-31(24-11-5-3-6-12-24)25-13-7-4-8-14-25/h2-16,18-19,22,29,31,34H,1,17,20-21H2,(H2,37,39)(H,40,43)/b18-15-,41-28?/t29?,34-/m1/s1. The highest BCUT2D eigenvalue weighted by Gasteiger charge is 2.55. The number of oxime groups is 1. The lowest BCUT2D eigenvalue weighted by atomic mass is 10.0. The van der Waals surface area contributed by atoms with Crippen LogP contribution in [-0.2, 0) is 24.0 Å². The fourth-order valence-corrected chi connectivity index (χ4v) is 8.06. The van der Waals surface area contributed by atoms with Crippen LogP contribution in [0.3, 0.4) is 0 Å². The van der Waals surface area contributed by atoms with Gasteiger partial charge in [0, 0.05) is 29.3 Å². The van der Waals surface area contributed by atoms with Crippen LogP contribution in [0.5, 0.6) is 0 Å². The highest BCUT2D eigenvalue weighted by molar-refractivity contribution is 8.02. The molecular weight excluding hydrogens is 693 g/mol. The second kappa shape index (κ2) is 16.5. The average Bonchev–Trinajstić information content (AvgIpc) is 3.59. The molecule has 6 rings (SSSR count). The van der Waals surface area contributed by atoms with E-state index in [9.17, 15) is 14.4 Å². The quantitative estimate of drug-likeness (QED) is 0.0432. The molecule has 2 aromatic carbocycles. The smallest absolute Gasteiger partial charge is 0.356 e. The number of carbonyl (C=O) groups is 3. The second-order valence-corrected chi connectivity index (χ2v) is 13.8. The molecule has 4 heterocycles. The predicted octanol–water partition coefficient (Wildman–Crippen LogP) is 5.42. The Bertz CT molecular complexity index is 1900. The highest BCUT2D eigenvalue weighted by atomic mass is 32.2. The molecule has 0 radical (unpaired) electrons. The monoisotopic (exact) mass is 724 g/mol. The zero-order valence-corrected chi connectivity index (χ0v) is 29.0. The minimum atomic E-state index is -0.936. The minimum absolute atomic E-state index is 0.0620. The third-order valence-corrected chi connectivity index (χ3v) is 10.4. The van der Waals surface area contributed by atoms with E-state index in [4.69, 9.17) is 15.3 Å². The number of β-lactam (4-membered cyclic amide) rings is 1. The maximum Gasteiger partial charge on any atom is 0.356 e. The van der Waals surface area contributed by atoms with Crippen LogP contribution in [0.4, 0.5) is 5.13 Å². The number of carbonyl (C=O) groups excluding carboxylic acids is 3. The molecule has 1 unspecified atom stereocenters. The number of nitrogens with one attached hydrogen (secondary N) is 1. The van der Waals surface area contributed by atoms with E-state index in [1.165, 1.54) is 34.5 Å². The number of nitrogens with two attached hydrogens (primary N) is 1. The molecule has 0 spiro atoms. The number of benzene rings is 2. The van der Waals surface area contributed by atoms with E-state index in [2.05, 4.69) is 27.0 Å². The summed E-state index contributed by atoms with van der Waals surface area (Å²) in [7, 11) is 0. The maximum absolute atomic E-state index is 14.3. The predicted molar refractivity (Wildman–Crippen MR) is 198 cm³/mol. The van der Waals surface area contributed by atoms with Gasteiger partial charge in [0.1, 0.15) is 29.4 Å². The molecule has 14 heteroatoms. The lowest BCUT2D eigenvalue weighted by Gasteiger charge is -2.49. The van der Waals surface area contributed by atoms with Crippen LogP contribution < -0.4 is 11.1 Å². The summed E-state index contributed by atoms with van der Waals surface area (Å²) >= 11 is 4.09. The van der Waals surface area contributed by atoms with Crippen molar-refractivity contribution in [3.05, 3.63) is 142 Å². The van der Waals surface area contributed by atoms with Crippen LogP contribution in [0.1, 0.15) is 28.5 Å². The number of thiazole rings is 1. The fourth-order valence-electron chi connectivity index (χ4n) is 5.24. The number of rotatable bonds is 14. The van der Waals surface area contributed by atoms with Crippen molar-refractivity contribution in [3.8, 4) is 0 Å². The highest BCUT2D eigenvalue weighted by Crippen LogP contribution is 2.42. The SMILES string of the molecule is C=CCON=C(C(=O)NC1C(=O)N2C(C(=O)OC(c3ccccc3)c3ccccc3)=C(CS/C=C\c3cccnc3)CS[C@H]12)c1csc(N)n1. The number of aromatic nitrogens is 2. The topological polar surface area (TPSA) is 149 Å². The number of nitrogen functional groups attached to an aromatic ring is 1. The van der Waals surface area contributed by atoms with Crippen molar-refractivity contribution in [2.45, 2.75) is 17.5 Å². The summed E-state index contributed by atoms with van der Waals surface area (Å²) in [6.07, 6.45) is 6.17. The van der Waals surface area contributed by atoms with Gasteiger partial charge >= 0.3 is 5.97 Å². The number of thioether (sulfide) groups is 2. The molecule has 2 amide bonds. The van der Waals surface area contributed by atoms with Crippen molar-refractivity contribution >= 4 is 69.6 Å². The first kappa shape index (κ1) is 34.7. The number of ether oxygens (including phenoxy) is 1. The minimum Gasteiger partial charge on any atom is -0.448 e. The van der Waals surface area contributed by atoms with Gasteiger partial charge in [0.2, 0.25) is 0 Å². The Morgan fingerprint density at radius 1 is 1.12 bits per heavy atom. The third kappa shape index (κ3) is 7.99. The first-order valence-electron chi connectivity index (χ1n) is 15.4. The van der Waals surface area contributed by atoms with Gasteiger partial charge in [-0.15, -0.1) is 34.9 Å². The molecule has 0 aliphatic carbocycles. The maximum atomic E-state index is 14.3. The average molecular weight is 725 g/mol. The first-order valence-corrected chi connectivity index (χ1v) is 18.4. The lowest BCUT2D eigenvalue weighted by molar-refractivity contribution is -0.154. The number of esters is 1. The van der Waals surface area contributed by atoms with Gasteiger partial charge in [0.05, 0.1) is 0 Å². The Kier molecular flexibility index (Phi) is 11.4. The lowest BCUT2D eigenvalue weighted by Crippen LogP contribution is -2.71. The normalized spacial score (nSPS) is 17.3. The molecule has 0 bridgehead atoms. The van der Waals surface area contributed by atoms with E-state index in [0.29, 0.717) is 11.5 Å². The molecule has 2 aliphatic heterocycles. The van der Waals surface area contributed by atoms with Crippen LogP contribution in [0.25, 0.3) is 6.08 Å². The molecule has 50 heavy (non-hydrogen) atoms. The Morgan fingerprint density at radius 2 is 1.86 bits per heavy atom. The Labute approximate surface area is 301 Å². The van der Waals surface area contributed by atoms with Crippen LogP contribution in [-0.4, -0.2) is 67.9 Å². The summed E-state index contributed by atoms with van der Waals surface area (Å²) in [4.78, 5) is 56.5. The van der Waals surface area contributed by atoms with E-state index < -0.39 is 35.3 Å². The molecule has 1 saturated heterocycles. The van der Waals surface area contributed by atoms with Gasteiger partial charge in [0.25, 0.3) is 11.8 Å². The van der Waals surface area contributed by atoms with E-state index in [-0.39, 0.29) is 28.8 Å². The van der Waals surface area contributed by atoms with E-state index in [1.54, 1.807) is 17.8 Å². The summed E-state index contributed by atoms with van der Waals surface area (Å²) in [6, 6.07) is 21.8. The van der Waals surface area contributed by atoms with Crippen LogP contribution >= 0.6 is 34.9 Å². The number of pyridine rings is 1. The molecule has 2 aliphatic rings. The summed E-state index contributed by atoms with van der Waals surface area (Å²) in [6.45, 7) is 3.65. The van der Waals surface area contributed by atoms with Crippen molar-refractivity contribution in [2.24, 2.45) is 5.16 Å². The number of anilines is 1. The van der Waals surface area contributed by atoms with Crippen molar-refractivity contribution in [2.75, 3.05) is 23.8 Å². The Hall–Kier alpha value is -5.18. The van der Waals surface area contributed by atoms with Crippen molar-refractivity contribution in [1.82, 2.24) is 20.2 Å². The third-order valence-electron chi connectivity index (χ3n) is 7.58. The van der Waals surface area contributed by atoms with Gasteiger partial charge in [0.15, 0.2) is 16.9 Å². The summed E-state index contributed by atoms with van der Waals surface area (Å²) < 4.78 is 6.25. The van der Waals surface area contributed by atoms with Gasteiger partial charge < -0.3 is 20.6 Å². The molecule has 2 aromatic heterocycles. The van der Waals surface area contributed by atoms with Crippen molar-refractivity contribution < 1.29 is 24.0 Å².